The molecule has 0 spiro atoms. The van der Waals surface area contributed by atoms with Gasteiger partial charge in [-0.05, 0) is 24.1 Å². The van der Waals surface area contributed by atoms with Crippen LogP contribution in [0.1, 0.15) is 24.9 Å². The Hall–Kier alpha value is -1.10. The zero-order valence-electron chi connectivity index (χ0n) is 11.8. The van der Waals surface area contributed by atoms with Crippen LogP contribution in [0, 0.1) is 0 Å². The van der Waals surface area contributed by atoms with E-state index >= 15 is 0 Å². The SMILES string of the molecule is CC[C@@H](N)c1ccc(N2CCN(CCO)CC2)cc1. The average molecular weight is 263 g/mol. The minimum atomic E-state index is 0.149. The normalized spacial score (nSPS) is 18.6. The third-order valence-corrected chi connectivity index (χ3v) is 3.91. The molecule has 1 atom stereocenters. The van der Waals surface area contributed by atoms with Gasteiger partial charge in [-0.1, -0.05) is 19.1 Å². The van der Waals surface area contributed by atoms with Crippen LogP contribution in [0.15, 0.2) is 24.3 Å². The Bertz CT molecular complexity index is 371. The highest BCUT2D eigenvalue weighted by atomic mass is 16.3. The quantitative estimate of drug-likeness (QED) is 0.838. The van der Waals surface area contributed by atoms with Crippen molar-refractivity contribution in [2.24, 2.45) is 5.73 Å². The molecule has 1 aromatic rings. The van der Waals surface area contributed by atoms with E-state index in [1.165, 1.54) is 11.3 Å². The second-order valence-corrected chi connectivity index (χ2v) is 5.16. The van der Waals surface area contributed by atoms with Gasteiger partial charge in [-0.2, -0.15) is 0 Å². The van der Waals surface area contributed by atoms with Crippen molar-refractivity contribution in [3.05, 3.63) is 29.8 Å². The summed E-state index contributed by atoms with van der Waals surface area (Å²) in [5, 5.41) is 8.94. The standard InChI is InChI=1S/C15H25N3O/c1-2-15(16)13-3-5-14(6-4-13)18-9-7-17(8-10-18)11-12-19/h3-6,15,19H,2,7-12,16H2,1H3/t15-/m1/s1. The van der Waals surface area contributed by atoms with Crippen molar-refractivity contribution in [2.45, 2.75) is 19.4 Å². The van der Waals surface area contributed by atoms with Crippen molar-refractivity contribution < 1.29 is 5.11 Å². The third-order valence-electron chi connectivity index (χ3n) is 3.91. The zero-order valence-corrected chi connectivity index (χ0v) is 11.8. The number of nitrogens with two attached hydrogens (primary N) is 1. The number of piperazine rings is 1. The molecule has 0 bridgehead atoms. The molecule has 0 aliphatic carbocycles. The predicted molar refractivity (Wildman–Crippen MR) is 79.4 cm³/mol. The number of benzene rings is 1. The monoisotopic (exact) mass is 263 g/mol. The molecular formula is C15H25N3O. The number of nitrogens with zero attached hydrogens (tertiary/aromatic N) is 2. The van der Waals surface area contributed by atoms with Crippen molar-refractivity contribution in [3.8, 4) is 0 Å². The molecule has 0 unspecified atom stereocenters. The van der Waals surface area contributed by atoms with E-state index in [0.29, 0.717) is 0 Å². The first-order valence-corrected chi connectivity index (χ1v) is 7.18. The van der Waals surface area contributed by atoms with Gasteiger partial charge in [-0.25, -0.2) is 0 Å². The van der Waals surface area contributed by atoms with Gasteiger partial charge >= 0.3 is 0 Å². The molecule has 1 aliphatic heterocycles. The predicted octanol–water partition coefficient (Wildman–Crippen LogP) is 1.21. The second-order valence-electron chi connectivity index (χ2n) is 5.16. The number of rotatable bonds is 5. The molecule has 2 rings (SSSR count). The van der Waals surface area contributed by atoms with Crippen LogP contribution in [0.2, 0.25) is 0 Å². The van der Waals surface area contributed by atoms with E-state index < -0.39 is 0 Å². The topological polar surface area (TPSA) is 52.7 Å². The molecular weight excluding hydrogens is 238 g/mol. The van der Waals surface area contributed by atoms with Crippen molar-refractivity contribution in [1.82, 2.24) is 4.90 Å². The third kappa shape index (κ3) is 3.69. The van der Waals surface area contributed by atoms with Crippen LogP contribution in [0.5, 0.6) is 0 Å². The van der Waals surface area contributed by atoms with Crippen LogP contribution in [0.4, 0.5) is 5.69 Å². The summed E-state index contributed by atoms with van der Waals surface area (Å²) in [5.41, 5.74) is 8.52. The molecule has 1 saturated heterocycles. The number of hydrogen-bond acceptors (Lipinski definition) is 4. The van der Waals surface area contributed by atoms with Gasteiger partial charge < -0.3 is 15.7 Å². The summed E-state index contributed by atoms with van der Waals surface area (Å²) >= 11 is 0. The van der Waals surface area contributed by atoms with Gasteiger partial charge in [0.05, 0.1) is 6.61 Å². The Balaban J connectivity index is 1.92. The summed E-state index contributed by atoms with van der Waals surface area (Å²) in [4.78, 5) is 4.70. The first kappa shape index (κ1) is 14.3. The average Bonchev–Trinajstić information content (AvgIpc) is 2.48. The summed E-state index contributed by atoms with van der Waals surface area (Å²) in [6, 6.07) is 8.78. The minimum absolute atomic E-state index is 0.149. The van der Waals surface area contributed by atoms with Gasteiger partial charge in [0.1, 0.15) is 0 Å². The molecule has 1 aliphatic rings. The lowest BCUT2D eigenvalue weighted by Crippen LogP contribution is -2.47. The van der Waals surface area contributed by atoms with Crippen LogP contribution in [-0.4, -0.2) is 49.3 Å². The molecule has 3 N–H and O–H groups in total. The molecule has 0 radical (unpaired) electrons. The molecule has 106 valence electrons. The Morgan fingerprint density at radius 1 is 1.16 bits per heavy atom. The van der Waals surface area contributed by atoms with Gasteiger partial charge in [-0.3, -0.25) is 4.90 Å². The van der Waals surface area contributed by atoms with E-state index in [-0.39, 0.29) is 12.6 Å². The molecule has 1 fully saturated rings. The Kier molecular flexibility index (Phi) is 5.19. The van der Waals surface area contributed by atoms with E-state index in [4.69, 9.17) is 10.8 Å². The molecule has 0 saturated carbocycles. The molecule has 4 heteroatoms. The van der Waals surface area contributed by atoms with Crippen LogP contribution in [-0.2, 0) is 0 Å². The number of hydrogen-bond donors (Lipinski definition) is 2. The second kappa shape index (κ2) is 6.89. The lowest BCUT2D eigenvalue weighted by atomic mass is 10.0. The molecule has 4 nitrogen and oxygen atoms in total. The number of β-amino-alcohol motifs (C(OH)–C–C–N with tert-alkyl or cyclic N) is 1. The van der Waals surface area contributed by atoms with Crippen molar-refractivity contribution >= 4 is 5.69 Å². The lowest BCUT2D eigenvalue weighted by molar-refractivity contribution is 0.189. The van der Waals surface area contributed by atoms with E-state index in [0.717, 1.165) is 39.1 Å². The minimum Gasteiger partial charge on any atom is -0.395 e. The van der Waals surface area contributed by atoms with Crippen molar-refractivity contribution in [3.63, 3.8) is 0 Å². The summed E-state index contributed by atoms with van der Waals surface area (Å²) in [7, 11) is 0. The van der Waals surface area contributed by atoms with Crippen LogP contribution < -0.4 is 10.6 Å². The molecule has 19 heavy (non-hydrogen) atoms. The Morgan fingerprint density at radius 2 is 1.79 bits per heavy atom. The molecule has 0 aromatic heterocycles. The maximum absolute atomic E-state index is 8.94. The van der Waals surface area contributed by atoms with E-state index in [9.17, 15) is 0 Å². The first-order valence-electron chi connectivity index (χ1n) is 7.18. The summed E-state index contributed by atoms with van der Waals surface area (Å²) < 4.78 is 0. The highest BCUT2D eigenvalue weighted by Gasteiger charge is 2.16. The van der Waals surface area contributed by atoms with Crippen molar-refractivity contribution in [2.75, 3.05) is 44.2 Å². The largest absolute Gasteiger partial charge is 0.395 e. The number of anilines is 1. The van der Waals surface area contributed by atoms with Crippen LogP contribution >= 0.6 is 0 Å². The highest BCUT2D eigenvalue weighted by Crippen LogP contribution is 2.20. The van der Waals surface area contributed by atoms with Gasteiger partial charge in [0.2, 0.25) is 0 Å². The molecule has 1 heterocycles. The van der Waals surface area contributed by atoms with E-state index in [2.05, 4.69) is 41.0 Å². The maximum Gasteiger partial charge on any atom is 0.0558 e. The van der Waals surface area contributed by atoms with Crippen LogP contribution in [0.25, 0.3) is 0 Å². The Morgan fingerprint density at radius 3 is 2.32 bits per heavy atom. The molecule has 0 amide bonds. The summed E-state index contributed by atoms with van der Waals surface area (Å²) in [5.74, 6) is 0. The summed E-state index contributed by atoms with van der Waals surface area (Å²) in [6.45, 7) is 7.26. The highest BCUT2D eigenvalue weighted by molar-refractivity contribution is 5.48. The number of aliphatic hydroxyl groups is 1. The maximum atomic E-state index is 8.94. The van der Waals surface area contributed by atoms with Gasteiger partial charge in [0.25, 0.3) is 0 Å². The fraction of sp³-hybridized carbons (Fsp3) is 0.600. The molecule has 1 aromatic carbocycles. The van der Waals surface area contributed by atoms with Gasteiger partial charge in [0.15, 0.2) is 0 Å². The summed E-state index contributed by atoms with van der Waals surface area (Å²) in [6.07, 6.45) is 0.971. The number of aliphatic hydroxyl groups excluding tert-OH is 1. The zero-order chi connectivity index (χ0) is 13.7. The van der Waals surface area contributed by atoms with E-state index in [1.807, 2.05) is 0 Å². The van der Waals surface area contributed by atoms with Gasteiger partial charge in [-0.15, -0.1) is 0 Å². The first-order chi connectivity index (χ1) is 9.24. The van der Waals surface area contributed by atoms with Gasteiger partial charge in [0, 0.05) is 44.5 Å². The smallest absolute Gasteiger partial charge is 0.0558 e. The van der Waals surface area contributed by atoms with E-state index in [1.54, 1.807) is 0 Å². The Labute approximate surface area is 115 Å². The lowest BCUT2D eigenvalue weighted by Gasteiger charge is -2.35. The fourth-order valence-electron chi connectivity index (χ4n) is 2.54. The van der Waals surface area contributed by atoms with Crippen molar-refractivity contribution in [1.29, 1.82) is 0 Å². The van der Waals surface area contributed by atoms with Crippen LogP contribution in [0.3, 0.4) is 0 Å². The fourth-order valence-corrected chi connectivity index (χ4v) is 2.54.